The number of hydrogen-bond donors (Lipinski definition) is 1. The molecule has 2 amide bonds. The van der Waals surface area contributed by atoms with Crippen LogP contribution in [0.25, 0.3) is 0 Å². The van der Waals surface area contributed by atoms with E-state index in [1.54, 1.807) is 0 Å². The Balaban J connectivity index is 0.00000392. The summed E-state index contributed by atoms with van der Waals surface area (Å²) < 4.78 is 10.1. The van der Waals surface area contributed by atoms with Crippen molar-refractivity contribution in [1.82, 2.24) is 10.2 Å². The average molecular weight is 437 g/mol. The first-order chi connectivity index (χ1) is 12.8. The number of carboxylic acid groups (broad SMARTS) is 1. The van der Waals surface area contributed by atoms with Crippen LogP contribution >= 0.6 is 23.5 Å². The van der Waals surface area contributed by atoms with E-state index in [0.29, 0.717) is 0 Å². The van der Waals surface area contributed by atoms with Crippen LogP contribution in [0.3, 0.4) is 0 Å². The molecule has 2 aliphatic heterocycles. The number of nitriles is 1. The van der Waals surface area contributed by atoms with Crippen molar-refractivity contribution in [3.8, 4) is 6.07 Å². The molecule has 28 heavy (non-hydrogen) atoms. The van der Waals surface area contributed by atoms with Crippen molar-refractivity contribution in [2.75, 3.05) is 31.0 Å². The van der Waals surface area contributed by atoms with Gasteiger partial charge in [0.05, 0.1) is 29.2 Å². The van der Waals surface area contributed by atoms with Gasteiger partial charge in [0.15, 0.2) is 0 Å². The molecule has 2 rings (SSSR count). The summed E-state index contributed by atoms with van der Waals surface area (Å²) in [6.45, 7) is 0.905. The number of esters is 1. The van der Waals surface area contributed by atoms with Crippen molar-refractivity contribution in [1.29, 1.82) is 5.26 Å². The number of carboxylic acids is 1. The van der Waals surface area contributed by atoms with E-state index in [2.05, 4.69) is 5.32 Å². The normalized spacial score (nSPS) is 23.0. The van der Waals surface area contributed by atoms with E-state index >= 15 is 0 Å². The summed E-state index contributed by atoms with van der Waals surface area (Å²) in [5, 5.41) is 21.7. The van der Waals surface area contributed by atoms with Gasteiger partial charge in [-0.2, -0.15) is 5.26 Å². The van der Waals surface area contributed by atoms with Gasteiger partial charge in [-0.05, 0) is 0 Å². The average Bonchev–Trinajstić information content (AvgIpc) is 2.63. The number of rotatable bonds is 8. The van der Waals surface area contributed by atoms with Crippen LogP contribution in [0.4, 0.5) is 0 Å². The van der Waals surface area contributed by atoms with Crippen molar-refractivity contribution in [3.63, 3.8) is 0 Å². The van der Waals surface area contributed by atoms with E-state index in [-0.39, 0.29) is 64.7 Å². The zero-order valence-corrected chi connectivity index (χ0v) is 19.1. The van der Waals surface area contributed by atoms with Crippen LogP contribution in [0.5, 0.6) is 0 Å². The van der Waals surface area contributed by atoms with Crippen LogP contribution in [0.1, 0.15) is 6.92 Å². The van der Waals surface area contributed by atoms with Crippen molar-refractivity contribution >= 4 is 47.3 Å². The smallest absolute Gasteiger partial charge is 0.543 e. The summed E-state index contributed by atoms with van der Waals surface area (Å²) >= 11 is 2.24. The largest absolute Gasteiger partial charge is 1.00 e. The molecule has 0 radical (unpaired) electrons. The maximum absolute atomic E-state index is 12.7. The van der Waals surface area contributed by atoms with Crippen LogP contribution in [-0.2, 0) is 28.7 Å². The molecule has 2 heterocycles. The Bertz CT molecular complexity index is 754. The minimum Gasteiger partial charge on any atom is -0.543 e. The third-order valence-corrected chi connectivity index (χ3v) is 5.97. The van der Waals surface area contributed by atoms with E-state index in [9.17, 15) is 24.3 Å². The molecular weight excluding hydrogens is 421 g/mol. The van der Waals surface area contributed by atoms with Crippen LogP contribution in [0.2, 0.25) is 0 Å². The SMILES string of the molecule is CO[C@@]1(NC(=O)CSCC#N)C(=O)N2C(C(=O)[O-])=C(COC(C)=O)CS[C@@H]21.[Na+]. The third kappa shape index (κ3) is 4.84. The van der Waals surface area contributed by atoms with Crippen molar-refractivity contribution < 1.29 is 63.3 Å². The number of hydrogen-bond acceptors (Lipinski definition) is 10. The molecule has 2 atom stereocenters. The van der Waals surface area contributed by atoms with E-state index in [4.69, 9.17) is 14.7 Å². The standard InChI is InChI=1S/C15H17N3O7S2.Na/c1-8(19)25-5-9-6-27-14-15(24-2,17-10(20)7-26-4-3-16)13(23)18(14)11(9)12(21)22;/h14H,4-7H2,1-2H3,(H,17,20)(H,21,22);/q;+1/p-1/t14-,15+;/m1./s1. The molecule has 13 heteroatoms. The molecule has 10 nitrogen and oxygen atoms in total. The maximum Gasteiger partial charge on any atom is 1.00 e. The molecule has 146 valence electrons. The Hall–Kier alpha value is -1.23. The summed E-state index contributed by atoms with van der Waals surface area (Å²) in [5.74, 6) is -3.25. The predicted octanol–water partition coefficient (Wildman–Crippen LogP) is -4.81. The Morgan fingerprint density at radius 1 is 1.50 bits per heavy atom. The second-order valence-corrected chi connectivity index (χ2v) is 7.55. The Kier molecular flexibility index (Phi) is 9.32. The Labute approximate surface area is 191 Å². The van der Waals surface area contributed by atoms with Crippen LogP contribution < -0.4 is 40.0 Å². The first kappa shape index (κ1) is 24.8. The Morgan fingerprint density at radius 3 is 2.71 bits per heavy atom. The van der Waals surface area contributed by atoms with Crippen molar-refractivity contribution in [3.05, 3.63) is 11.3 Å². The number of methoxy groups -OCH3 is 1. The molecule has 0 spiro atoms. The quantitative estimate of drug-likeness (QED) is 0.129. The van der Waals surface area contributed by atoms with E-state index in [0.717, 1.165) is 16.7 Å². The fourth-order valence-electron chi connectivity index (χ4n) is 2.66. The summed E-state index contributed by atoms with van der Waals surface area (Å²) in [6, 6.07) is 1.88. The summed E-state index contributed by atoms with van der Waals surface area (Å²) in [6.07, 6.45) is 0. The number of fused-ring (bicyclic) bond motifs is 1. The molecule has 1 N–H and O–H groups in total. The molecule has 0 bridgehead atoms. The van der Waals surface area contributed by atoms with Crippen molar-refractivity contribution in [2.24, 2.45) is 0 Å². The zero-order chi connectivity index (χ0) is 20.2. The van der Waals surface area contributed by atoms with E-state index in [1.165, 1.54) is 25.8 Å². The molecule has 0 aromatic heterocycles. The van der Waals surface area contributed by atoms with Gasteiger partial charge in [-0.25, -0.2) is 0 Å². The predicted molar refractivity (Wildman–Crippen MR) is 92.6 cm³/mol. The second-order valence-electron chi connectivity index (χ2n) is 5.50. The summed E-state index contributed by atoms with van der Waals surface area (Å²) in [7, 11) is 1.23. The summed E-state index contributed by atoms with van der Waals surface area (Å²) in [4.78, 5) is 48.3. The number of ether oxygens (including phenoxy) is 2. The van der Waals surface area contributed by atoms with Gasteiger partial charge >= 0.3 is 35.5 Å². The van der Waals surface area contributed by atoms with Gasteiger partial charge in [0, 0.05) is 25.4 Å². The Morgan fingerprint density at radius 2 is 2.18 bits per heavy atom. The number of nitrogens with zero attached hydrogens (tertiary/aromatic N) is 2. The van der Waals surface area contributed by atoms with E-state index in [1.807, 2.05) is 6.07 Å². The maximum atomic E-state index is 12.7. The first-order valence-corrected chi connectivity index (χ1v) is 9.81. The topological polar surface area (TPSA) is 149 Å². The number of β-lactam (4-membered cyclic amide) rings is 1. The number of thioether (sulfide) groups is 2. The minimum absolute atomic E-state index is 0. The second kappa shape index (κ2) is 10.5. The van der Waals surface area contributed by atoms with E-state index < -0.39 is 34.9 Å². The zero-order valence-electron chi connectivity index (χ0n) is 15.5. The monoisotopic (exact) mass is 437 g/mol. The van der Waals surface area contributed by atoms with Gasteiger partial charge in [0.25, 0.3) is 11.6 Å². The minimum atomic E-state index is -1.71. The molecule has 0 aromatic carbocycles. The van der Waals surface area contributed by atoms with Crippen LogP contribution in [0.15, 0.2) is 11.3 Å². The number of aliphatic carboxylic acids is 1. The number of nitrogens with one attached hydrogen (secondary N) is 1. The van der Waals surface area contributed by atoms with Gasteiger partial charge in [-0.1, -0.05) is 0 Å². The molecule has 2 aliphatic rings. The van der Waals surface area contributed by atoms with Gasteiger partial charge < -0.3 is 24.7 Å². The van der Waals surface area contributed by atoms with Crippen LogP contribution in [-0.4, -0.2) is 70.7 Å². The van der Waals surface area contributed by atoms with Gasteiger partial charge in [-0.3, -0.25) is 19.3 Å². The van der Waals surface area contributed by atoms with Gasteiger partial charge in [0.2, 0.25) is 5.91 Å². The molecule has 0 saturated carbocycles. The first-order valence-electron chi connectivity index (χ1n) is 7.61. The number of carbonyl (C=O) groups is 4. The molecule has 0 aromatic rings. The number of carbonyl (C=O) groups excluding carboxylic acids is 4. The van der Waals surface area contributed by atoms with Gasteiger partial charge in [-0.15, -0.1) is 23.5 Å². The fraction of sp³-hybridized carbons (Fsp3) is 0.533. The molecule has 0 unspecified atom stereocenters. The molecule has 1 saturated heterocycles. The molecule has 0 aliphatic carbocycles. The molecule has 1 fully saturated rings. The third-order valence-electron chi connectivity index (χ3n) is 3.80. The van der Waals surface area contributed by atoms with Crippen LogP contribution in [0, 0.1) is 11.3 Å². The fourth-order valence-corrected chi connectivity index (χ4v) is 4.53. The molecular formula is C15H16N3NaO7S2. The van der Waals surface area contributed by atoms with Crippen molar-refractivity contribution in [2.45, 2.75) is 18.0 Å². The number of amides is 2. The summed E-state index contributed by atoms with van der Waals surface area (Å²) in [5.41, 5.74) is -1.87. The van der Waals surface area contributed by atoms with Gasteiger partial charge in [0.1, 0.15) is 12.0 Å².